The van der Waals surface area contributed by atoms with Crippen LogP contribution < -0.4 is 19.9 Å². The summed E-state index contributed by atoms with van der Waals surface area (Å²) in [6, 6.07) is 3.67. The Labute approximate surface area is 100 Å². The highest BCUT2D eigenvalue weighted by Gasteiger charge is 2.13. The third-order valence-electron chi connectivity index (χ3n) is 2.10. The van der Waals surface area contributed by atoms with Crippen molar-refractivity contribution in [2.24, 2.45) is 5.73 Å². The van der Waals surface area contributed by atoms with Crippen LogP contribution in [0.15, 0.2) is 12.1 Å². The van der Waals surface area contributed by atoms with Gasteiger partial charge in [0.15, 0.2) is 11.5 Å². The molecular weight excluding hydrogens is 226 g/mol. The summed E-state index contributed by atoms with van der Waals surface area (Å²) in [5, 5.41) is 0. The van der Waals surface area contributed by atoms with E-state index in [-0.39, 0.29) is 0 Å². The fraction of sp³-hybridized carbons (Fsp3) is 0.364. The number of hydrogen-bond acceptors (Lipinski definition) is 4. The highest BCUT2D eigenvalue weighted by Crippen LogP contribution is 2.38. The maximum atomic E-state index is 5.50. The van der Waals surface area contributed by atoms with Crippen LogP contribution >= 0.6 is 12.2 Å². The van der Waals surface area contributed by atoms with Gasteiger partial charge in [0.05, 0.1) is 26.3 Å². The van der Waals surface area contributed by atoms with Crippen molar-refractivity contribution in [3.05, 3.63) is 17.7 Å². The van der Waals surface area contributed by atoms with Crippen LogP contribution in [0.5, 0.6) is 17.2 Å². The topological polar surface area (TPSA) is 53.7 Å². The smallest absolute Gasteiger partial charge is 0.203 e. The van der Waals surface area contributed by atoms with Crippen molar-refractivity contribution in [1.82, 2.24) is 0 Å². The summed E-state index contributed by atoms with van der Waals surface area (Å²) in [4.78, 5) is 0.425. The lowest BCUT2D eigenvalue weighted by Gasteiger charge is -2.13. The van der Waals surface area contributed by atoms with Gasteiger partial charge in [0.2, 0.25) is 5.75 Å². The number of rotatable bonds is 5. The monoisotopic (exact) mass is 241 g/mol. The molecule has 1 aromatic carbocycles. The Balaban J connectivity index is 3.20. The minimum Gasteiger partial charge on any atom is -0.493 e. The zero-order chi connectivity index (χ0) is 12.1. The molecule has 1 rings (SSSR count). The minimum absolute atomic E-state index is 0.425. The molecule has 0 aromatic heterocycles. The minimum atomic E-state index is 0.425. The molecule has 0 bridgehead atoms. The molecule has 0 atom stereocenters. The summed E-state index contributed by atoms with van der Waals surface area (Å²) in [6.07, 6.45) is 0.506. The average molecular weight is 241 g/mol. The van der Waals surface area contributed by atoms with E-state index in [0.717, 1.165) is 5.56 Å². The van der Waals surface area contributed by atoms with Gasteiger partial charge in [-0.3, -0.25) is 0 Å². The van der Waals surface area contributed by atoms with Crippen LogP contribution in [0.2, 0.25) is 0 Å². The molecule has 0 radical (unpaired) electrons. The Morgan fingerprint density at radius 1 is 1.12 bits per heavy atom. The fourth-order valence-electron chi connectivity index (χ4n) is 1.44. The Kier molecular flexibility index (Phi) is 4.37. The fourth-order valence-corrected chi connectivity index (χ4v) is 1.61. The zero-order valence-electron chi connectivity index (χ0n) is 9.57. The molecule has 0 amide bonds. The van der Waals surface area contributed by atoms with Crippen LogP contribution in [0.4, 0.5) is 0 Å². The normalized spacial score (nSPS) is 9.69. The summed E-state index contributed by atoms with van der Waals surface area (Å²) in [5.41, 5.74) is 6.43. The van der Waals surface area contributed by atoms with Crippen LogP contribution in [0.1, 0.15) is 5.56 Å². The van der Waals surface area contributed by atoms with Gasteiger partial charge in [-0.2, -0.15) is 0 Å². The van der Waals surface area contributed by atoms with E-state index in [2.05, 4.69) is 0 Å². The van der Waals surface area contributed by atoms with Gasteiger partial charge in [-0.1, -0.05) is 12.2 Å². The number of hydrogen-bond donors (Lipinski definition) is 1. The van der Waals surface area contributed by atoms with E-state index in [1.807, 2.05) is 12.1 Å². The zero-order valence-corrected chi connectivity index (χ0v) is 10.4. The first kappa shape index (κ1) is 12.6. The van der Waals surface area contributed by atoms with E-state index in [4.69, 9.17) is 32.2 Å². The molecule has 0 unspecified atom stereocenters. The largest absolute Gasteiger partial charge is 0.493 e. The van der Waals surface area contributed by atoms with Crippen molar-refractivity contribution in [1.29, 1.82) is 0 Å². The van der Waals surface area contributed by atoms with Gasteiger partial charge in [-0.25, -0.2) is 0 Å². The Morgan fingerprint density at radius 2 is 1.62 bits per heavy atom. The van der Waals surface area contributed by atoms with Gasteiger partial charge < -0.3 is 19.9 Å². The summed E-state index contributed by atoms with van der Waals surface area (Å²) >= 11 is 4.86. The number of methoxy groups -OCH3 is 3. The second kappa shape index (κ2) is 5.55. The molecule has 16 heavy (non-hydrogen) atoms. The Bertz CT molecular complexity index is 368. The van der Waals surface area contributed by atoms with Crippen molar-refractivity contribution in [3.8, 4) is 17.2 Å². The van der Waals surface area contributed by atoms with Gasteiger partial charge in [0, 0.05) is 6.42 Å². The van der Waals surface area contributed by atoms with Crippen LogP contribution in [0.25, 0.3) is 0 Å². The SMILES string of the molecule is COc1cc(CC(N)=S)cc(OC)c1OC. The maximum Gasteiger partial charge on any atom is 0.203 e. The van der Waals surface area contributed by atoms with Crippen LogP contribution in [-0.2, 0) is 6.42 Å². The number of nitrogens with two attached hydrogens (primary N) is 1. The lowest BCUT2D eigenvalue weighted by atomic mass is 10.1. The summed E-state index contributed by atoms with van der Waals surface area (Å²) < 4.78 is 15.6. The molecule has 0 fully saturated rings. The van der Waals surface area contributed by atoms with Gasteiger partial charge in [0.25, 0.3) is 0 Å². The molecule has 88 valence electrons. The highest BCUT2D eigenvalue weighted by atomic mass is 32.1. The van der Waals surface area contributed by atoms with E-state index in [0.29, 0.717) is 28.7 Å². The van der Waals surface area contributed by atoms with Crippen molar-refractivity contribution in [2.75, 3.05) is 21.3 Å². The van der Waals surface area contributed by atoms with E-state index in [1.165, 1.54) is 0 Å². The number of ether oxygens (including phenoxy) is 3. The molecule has 0 saturated heterocycles. The lowest BCUT2D eigenvalue weighted by Crippen LogP contribution is -2.11. The average Bonchev–Trinajstić information content (AvgIpc) is 2.26. The predicted octanol–water partition coefficient (Wildman–Crippen LogP) is 1.54. The van der Waals surface area contributed by atoms with E-state index in [1.54, 1.807) is 21.3 Å². The molecule has 4 nitrogen and oxygen atoms in total. The first-order valence-corrected chi connectivity index (χ1v) is 5.10. The van der Waals surface area contributed by atoms with Crippen molar-refractivity contribution in [2.45, 2.75) is 6.42 Å². The summed E-state index contributed by atoms with van der Waals surface area (Å²) in [5.74, 6) is 1.78. The highest BCUT2D eigenvalue weighted by molar-refractivity contribution is 7.80. The summed E-state index contributed by atoms with van der Waals surface area (Å²) in [7, 11) is 4.71. The van der Waals surface area contributed by atoms with Crippen LogP contribution in [-0.4, -0.2) is 26.3 Å². The maximum absolute atomic E-state index is 5.50. The molecule has 0 aliphatic rings. The molecule has 5 heteroatoms. The Morgan fingerprint density at radius 3 is 1.94 bits per heavy atom. The van der Waals surface area contributed by atoms with Crippen LogP contribution in [0, 0.1) is 0 Å². The van der Waals surface area contributed by atoms with Crippen molar-refractivity contribution >= 4 is 17.2 Å². The van der Waals surface area contributed by atoms with E-state index in [9.17, 15) is 0 Å². The molecule has 0 aliphatic carbocycles. The molecular formula is C11H15NO3S. The standard InChI is InChI=1S/C11H15NO3S/c1-13-8-4-7(6-10(12)16)5-9(14-2)11(8)15-3/h4-5H,6H2,1-3H3,(H2,12,16). The first-order chi connectivity index (χ1) is 7.62. The molecule has 2 N–H and O–H groups in total. The van der Waals surface area contributed by atoms with Gasteiger partial charge in [-0.05, 0) is 17.7 Å². The van der Waals surface area contributed by atoms with E-state index < -0.39 is 0 Å². The van der Waals surface area contributed by atoms with Gasteiger partial charge >= 0.3 is 0 Å². The van der Waals surface area contributed by atoms with E-state index >= 15 is 0 Å². The molecule has 0 saturated carbocycles. The lowest BCUT2D eigenvalue weighted by molar-refractivity contribution is 0.324. The Hall–Kier alpha value is -1.49. The quantitative estimate of drug-likeness (QED) is 0.792. The predicted molar refractivity (Wildman–Crippen MR) is 66.6 cm³/mol. The first-order valence-electron chi connectivity index (χ1n) is 4.69. The second-order valence-corrected chi connectivity index (χ2v) is 3.70. The van der Waals surface area contributed by atoms with Gasteiger partial charge in [-0.15, -0.1) is 0 Å². The molecule has 0 aliphatic heterocycles. The third kappa shape index (κ3) is 2.76. The van der Waals surface area contributed by atoms with Crippen molar-refractivity contribution < 1.29 is 14.2 Å². The number of benzene rings is 1. The number of thiocarbonyl (C=S) groups is 1. The molecule has 0 heterocycles. The third-order valence-corrected chi connectivity index (χ3v) is 2.25. The summed E-state index contributed by atoms with van der Waals surface area (Å²) in [6.45, 7) is 0. The van der Waals surface area contributed by atoms with Crippen LogP contribution in [0.3, 0.4) is 0 Å². The molecule has 0 spiro atoms. The van der Waals surface area contributed by atoms with Gasteiger partial charge in [0.1, 0.15) is 0 Å². The molecule has 1 aromatic rings. The second-order valence-electron chi connectivity index (χ2n) is 3.18. The van der Waals surface area contributed by atoms with Crippen molar-refractivity contribution in [3.63, 3.8) is 0 Å².